The Balaban J connectivity index is 2.18. The summed E-state index contributed by atoms with van der Waals surface area (Å²) >= 11 is 4.79. The number of sulfonamides is 1. The van der Waals surface area contributed by atoms with E-state index in [1.165, 1.54) is 12.1 Å². The molecule has 0 amide bonds. The lowest BCUT2D eigenvalue weighted by Gasteiger charge is -2.08. The van der Waals surface area contributed by atoms with Crippen LogP contribution in [0.1, 0.15) is 11.1 Å². The van der Waals surface area contributed by atoms with Gasteiger partial charge >= 0.3 is 0 Å². The van der Waals surface area contributed by atoms with Crippen molar-refractivity contribution in [2.75, 3.05) is 5.73 Å². The van der Waals surface area contributed by atoms with E-state index in [9.17, 15) is 8.42 Å². The topological polar surface area (TPSA) is 72.2 Å². The third-order valence-electron chi connectivity index (χ3n) is 2.69. The fourth-order valence-corrected chi connectivity index (χ4v) is 3.66. The first-order chi connectivity index (χ1) is 8.90. The summed E-state index contributed by atoms with van der Waals surface area (Å²) in [4.78, 5) is 0.168. The van der Waals surface area contributed by atoms with E-state index in [-0.39, 0.29) is 11.4 Å². The lowest BCUT2D eigenvalue weighted by Crippen LogP contribution is -2.23. The van der Waals surface area contributed by atoms with Gasteiger partial charge < -0.3 is 5.73 Å². The van der Waals surface area contributed by atoms with Crippen LogP contribution in [0.5, 0.6) is 0 Å². The number of hydrogen-bond donors (Lipinski definition) is 2. The molecular weight excluding hydrogens is 348 g/mol. The third kappa shape index (κ3) is 3.36. The van der Waals surface area contributed by atoms with Gasteiger partial charge in [-0.15, -0.1) is 0 Å². The first-order valence-electron chi connectivity index (χ1n) is 5.46. The summed E-state index contributed by atoms with van der Waals surface area (Å²) in [5.41, 5.74) is 8.16. The Morgan fingerprint density at radius 2 is 2.11 bits per heavy atom. The van der Waals surface area contributed by atoms with E-state index < -0.39 is 10.0 Å². The Morgan fingerprint density at radius 1 is 1.37 bits per heavy atom. The van der Waals surface area contributed by atoms with Crippen molar-refractivity contribution < 1.29 is 8.42 Å². The molecule has 1 aromatic carbocycles. The van der Waals surface area contributed by atoms with E-state index in [0.717, 1.165) is 11.1 Å². The van der Waals surface area contributed by atoms with Gasteiger partial charge in [-0.3, -0.25) is 0 Å². The van der Waals surface area contributed by atoms with Gasteiger partial charge in [0.25, 0.3) is 0 Å². The highest BCUT2D eigenvalue weighted by molar-refractivity contribution is 9.10. The molecule has 0 bridgehead atoms. The standard InChI is InChI=1S/C12H13BrN2O2S2/c1-8-6-18-7-9(8)5-15-19(16,17)10-2-3-11(13)12(14)4-10/h2-4,6-7,15H,5,14H2,1H3. The van der Waals surface area contributed by atoms with Crippen molar-refractivity contribution in [3.8, 4) is 0 Å². The molecule has 0 saturated carbocycles. The predicted octanol–water partition coefficient (Wildman–Crippen LogP) is 2.88. The average Bonchev–Trinajstić information content (AvgIpc) is 2.76. The first kappa shape index (κ1) is 14.5. The van der Waals surface area contributed by atoms with Crippen molar-refractivity contribution in [2.45, 2.75) is 18.4 Å². The quantitative estimate of drug-likeness (QED) is 0.823. The summed E-state index contributed by atoms with van der Waals surface area (Å²) in [6, 6.07) is 4.58. The fraction of sp³-hybridized carbons (Fsp3) is 0.167. The minimum absolute atomic E-state index is 0.168. The van der Waals surface area contributed by atoms with Gasteiger partial charge in [0.1, 0.15) is 0 Å². The van der Waals surface area contributed by atoms with Crippen LogP contribution in [0.25, 0.3) is 0 Å². The third-order valence-corrected chi connectivity index (χ3v) is 5.72. The van der Waals surface area contributed by atoms with Crippen LogP contribution in [0.15, 0.2) is 38.3 Å². The molecule has 7 heteroatoms. The molecule has 0 saturated heterocycles. The van der Waals surface area contributed by atoms with Crippen LogP contribution < -0.4 is 10.5 Å². The highest BCUT2D eigenvalue weighted by Gasteiger charge is 2.15. The molecule has 4 nitrogen and oxygen atoms in total. The molecule has 0 atom stereocenters. The van der Waals surface area contributed by atoms with Gasteiger partial charge in [0.15, 0.2) is 0 Å². The molecule has 0 aliphatic rings. The maximum absolute atomic E-state index is 12.1. The van der Waals surface area contributed by atoms with Crippen molar-refractivity contribution in [3.63, 3.8) is 0 Å². The molecule has 0 aliphatic heterocycles. The van der Waals surface area contributed by atoms with Crippen LogP contribution in [0.4, 0.5) is 5.69 Å². The molecule has 3 N–H and O–H groups in total. The zero-order valence-electron chi connectivity index (χ0n) is 10.2. The van der Waals surface area contributed by atoms with Gasteiger partial charge in [-0.1, -0.05) is 0 Å². The number of halogens is 1. The Hall–Kier alpha value is -0.890. The second kappa shape index (κ2) is 5.62. The van der Waals surface area contributed by atoms with Crippen LogP contribution in [-0.2, 0) is 16.6 Å². The van der Waals surface area contributed by atoms with Gasteiger partial charge in [-0.2, -0.15) is 11.3 Å². The number of nitrogens with two attached hydrogens (primary N) is 1. The molecular formula is C12H13BrN2O2S2. The minimum atomic E-state index is -3.54. The molecule has 102 valence electrons. The molecule has 2 rings (SSSR count). The van der Waals surface area contributed by atoms with E-state index in [1.54, 1.807) is 17.4 Å². The Kier molecular flexibility index (Phi) is 4.29. The maximum Gasteiger partial charge on any atom is 0.240 e. The fourth-order valence-electron chi connectivity index (χ4n) is 1.51. The number of benzene rings is 1. The van der Waals surface area contributed by atoms with Gasteiger partial charge in [0, 0.05) is 16.7 Å². The highest BCUT2D eigenvalue weighted by atomic mass is 79.9. The number of anilines is 1. The lowest BCUT2D eigenvalue weighted by atomic mass is 10.2. The van der Waals surface area contributed by atoms with Gasteiger partial charge in [-0.25, -0.2) is 13.1 Å². The molecule has 2 aromatic rings. The van der Waals surface area contributed by atoms with Crippen LogP contribution >= 0.6 is 27.3 Å². The first-order valence-corrected chi connectivity index (χ1v) is 8.68. The van der Waals surface area contributed by atoms with Gasteiger partial charge in [-0.05, 0) is 62.9 Å². The molecule has 1 heterocycles. The highest BCUT2D eigenvalue weighted by Crippen LogP contribution is 2.23. The van der Waals surface area contributed by atoms with Crippen LogP contribution in [-0.4, -0.2) is 8.42 Å². The molecule has 0 radical (unpaired) electrons. The maximum atomic E-state index is 12.1. The molecule has 0 spiro atoms. The number of thiophene rings is 1. The van der Waals surface area contributed by atoms with E-state index in [1.807, 2.05) is 17.7 Å². The Morgan fingerprint density at radius 3 is 2.68 bits per heavy atom. The van der Waals surface area contributed by atoms with Crippen molar-refractivity contribution in [1.29, 1.82) is 0 Å². The average molecular weight is 361 g/mol. The summed E-state index contributed by atoms with van der Waals surface area (Å²) in [7, 11) is -3.54. The smallest absolute Gasteiger partial charge is 0.240 e. The van der Waals surface area contributed by atoms with Crippen molar-refractivity contribution >= 4 is 43.0 Å². The van der Waals surface area contributed by atoms with Crippen molar-refractivity contribution in [3.05, 3.63) is 44.6 Å². The van der Waals surface area contributed by atoms with Gasteiger partial charge in [0.05, 0.1) is 4.90 Å². The molecule has 0 aliphatic carbocycles. The molecule has 0 unspecified atom stereocenters. The predicted molar refractivity (Wildman–Crippen MR) is 81.6 cm³/mol. The Labute approximate surface area is 124 Å². The zero-order valence-corrected chi connectivity index (χ0v) is 13.4. The molecule has 19 heavy (non-hydrogen) atoms. The van der Waals surface area contributed by atoms with Crippen molar-refractivity contribution in [1.82, 2.24) is 4.72 Å². The number of hydrogen-bond acceptors (Lipinski definition) is 4. The minimum Gasteiger partial charge on any atom is -0.398 e. The van der Waals surface area contributed by atoms with E-state index in [2.05, 4.69) is 20.7 Å². The summed E-state index contributed by atoms with van der Waals surface area (Å²) in [6.07, 6.45) is 0. The van der Waals surface area contributed by atoms with Gasteiger partial charge in [0.2, 0.25) is 10.0 Å². The summed E-state index contributed by atoms with van der Waals surface area (Å²) in [6.45, 7) is 2.24. The monoisotopic (exact) mass is 360 g/mol. The van der Waals surface area contributed by atoms with Crippen LogP contribution in [0, 0.1) is 6.92 Å². The van der Waals surface area contributed by atoms with E-state index >= 15 is 0 Å². The number of aryl methyl sites for hydroxylation is 1. The number of rotatable bonds is 4. The second-order valence-electron chi connectivity index (χ2n) is 4.09. The second-order valence-corrected chi connectivity index (χ2v) is 7.45. The van der Waals surface area contributed by atoms with Crippen molar-refractivity contribution in [2.24, 2.45) is 0 Å². The van der Waals surface area contributed by atoms with E-state index in [0.29, 0.717) is 10.2 Å². The summed E-state index contributed by atoms with van der Waals surface area (Å²) < 4.78 is 27.5. The molecule has 0 fully saturated rings. The molecule has 1 aromatic heterocycles. The number of nitrogen functional groups attached to an aromatic ring is 1. The SMILES string of the molecule is Cc1cscc1CNS(=O)(=O)c1ccc(Br)c(N)c1. The summed E-state index contributed by atoms with van der Waals surface area (Å²) in [5.74, 6) is 0. The normalized spacial score (nSPS) is 11.7. The van der Waals surface area contributed by atoms with Crippen LogP contribution in [0.2, 0.25) is 0 Å². The number of nitrogens with one attached hydrogen (secondary N) is 1. The zero-order chi connectivity index (χ0) is 14.0. The van der Waals surface area contributed by atoms with E-state index in [4.69, 9.17) is 5.73 Å². The summed E-state index contributed by atoms with van der Waals surface area (Å²) in [5, 5.41) is 3.93. The Bertz CT molecular complexity index is 696. The largest absolute Gasteiger partial charge is 0.398 e. The van der Waals surface area contributed by atoms with Crippen LogP contribution in [0.3, 0.4) is 0 Å². The lowest BCUT2D eigenvalue weighted by molar-refractivity contribution is 0.581.